The molecule has 26 heavy (non-hydrogen) atoms. The van der Waals surface area contributed by atoms with Crippen molar-refractivity contribution >= 4 is 33.2 Å². The Morgan fingerprint density at radius 3 is 2.77 bits per heavy atom. The average molecular weight is 347 g/mol. The summed E-state index contributed by atoms with van der Waals surface area (Å²) >= 11 is 0. The van der Waals surface area contributed by atoms with E-state index in [4.69, 9.17) is 8.53 Å². The van der Waals surface area contributed by atoms with E-state index >= 15 is 0 Å². The van der Waals surface area contributed by atoms with Gasteiger partial charge >= 0.3 is 5.65 Å². The lowest BCUT2D eigenvalue weighted by Crippen LogP contribution is -2.31. The van der Waals surface area contributed by atoms with Crippen molar-refractivity contribution in [2.75, 3.05) is 0 Å². The van der Waals surface area contributed by atoms with Gasteiger partial charge in [0.25, 0.3) is 5.65 Å². The topological polar surface area (TPSA) is 60.6 Å². The summed E-state index contributed by atoms with van der Waals surface area (Å²) in [6.07, 6.45) is 4.86. The number of pyridine rings is 1. The van der Waals surface area contributed by atoms with Crippen molar-refractivity contribution in [2.45, 2.75) is 20.8 Å². The van der Waals surface area contributed by atoms with Gasteiger partial charge in [-0.1, -0.05) is 6.07 Å². The van der Waals surface area contributed by atoms with Gasteiger partial charge in [0.1, 0.15) is 11.8 Å². The predicted molar refractivity (Wildman–Crippen MR) is 99.3 cm³/mol. The second-order valence-electron chi connectivity index (χ2n) is 6.45. The molecule has 0 saturated heterocycles. The number of furan rings is 1. The third-order valence-electron chi connectivity index (χ3n) is 4.79. The Morgan fingerprint density at radius 1 is 1.08 bits per heavy atom. The molecule has 0 spiro atoms. The molecule has 0 atom stereocenters. The highest BCUT2D eigenvalue weighted by Gasteiger charge is 2.26. The molecule has 4 aromatic heterocycles. The van der Waals surface area contributed by atoms with Gasteiger partial charge in [-0.3, -0.25) is 4.98 Å². The van der Waals surface area contributed by atoms with Crippen LogP contribution in [0, 0.1) is 20.8 Å². The molecule has 6 nitrogen and oxygen atoms in total. The van der Waals surface area contributed by atoms with E-state index in [1.54, 1.807) is 19.3 Å². The maximum absolute atomic E-state index is 7.98. The van der Waals surface area contributed by atoms with Gasteiger partial charge in [0.05, 0.1) is 17.3 Å². The first kappa shape index (κ1) is 12.1. The number of imidazole rings is 1. The monoisotopic (exact) mass is 347 g/mol. The summed E-state index contributed by atoms with van der Waals surface area (Å²) in [7, 11) is 0. The van der Waals surface area contributed by atoms with Crippen molar-refractivity contribution in [3.05, 3.63) is 53.9 Å². The number of benzene rings is 1. The Labute approximate surface area is 154 Å². The van der Waals surface area contributed by atoms with Gasteiger partial charge in [-0.05, 0) is 25.5 Å². The van der Waals surface area contributed by atoms with Crippen LogP contribution in [0.2, 0.25) is 0 Å². The Morgan fingerprint density at radius 2 is 1.92 bits per heavy atom. The van der Waals surface area contributed by atoms with Crippen LogP contribution in [-0.2, 0) is 6.98 Å². The Balaban J connectivity index is 1.97. The third-order valence-corrected chi connectivity index (χ3v) is 4.79. The van der Waals surface area contributed by atoms with Crippen molar-refractivity contribution in [1.29, 1.82) is 0 Å². The number of rotatable bonds is 1. The minimum absolute atomic E-state index is 0.301. The first-order valence-electron chi connectivity index (χ1n) is 9.81. The van der Waals surface area contributed by atoms with E-state index in [0.717, 1.165) is 33.3 Å². The normalized spacial score (nSPS) is 14.0. The molecule has 0 aliphatic carbocycles. The SMILES string of the molecule is [2H]C([2H])([2H])[n+]1c(C)n(-c2c(C)ccc3c2oc2cc(C)ncc23)c2nccnc21. The molecule has 4 heterocycles. The van der Waals surface area contributed by atoms with E-state index in [-0.39, 0.29) is 0 Å². The molecule has 0 aliphatic heterocycles. The summed E-state index contributed by atoms with van der Waals surface area (Å²) in [5, 5.41) is 1.83. The van der Waals surface area contributed by atoms with Gasteiger partial charge in [0.15, 0.2) is 11.3 Å². The highest BCUT2D eigenvalue weighted by molar-refractivity contribution is 6.07. The van der Waals surface area contributed by atoms with Crippen LogP contribution in [-0.4, -0.2) is 19.5 Å². The fourth-order valence-electron chi connectivity index (χ4n) is 3.51. The molecule has 5 rings (SSSR count). The van der Waals surface area contributed by atoms with Gasteiger partial charge in [0, 0.05) is 35.7 Å². The molecule has 0 unspecified atom stereocenters. The van der Waals surface area contributed by atoms with Crippen LogP contribution in [0.3, 0.4) is 0 Å². The summed E-state index contributed by atoms with van der Waals surface area (Å²) in [4.78, 5) is 13.1. The molecule has 0 radical (unpaired) electrons. The van der Waals surface area contributed by atoms with E-state index in [0.29, 0.717) is 22.7 Å². The molecular formula is C20H18N5O+. The second-order valence-corrected chi connectivity index (χ2v) is 6.45. The lowest BCUT2D eigenvalue weighted by molar-refractivity contribution is -0.653. The van der Waals surface area contributed by atoms with Gasteiger partial charge < -0.3 is 4.42 Å². The van der Waals surface area contributed by atoms with E-state index in [1.165, 1.54) is 10.8 Å². The Bertz CT molecular complexity index is 1430. The van der Waals surface area contributed by atoms with Crippen molar-refractivity contribution in [3.8, 4) is 5.69 Å². The molecule has 0 aliphatic rings. The number of aryl methyl sites for hydroxylation is 3. The standard InChI is InChI=1S/C20H18N5O/c1-11-5-6-14-15-10-23-12(2)9-16(15)26-18(14)17(11)25-13(3)24(4)19-20(25)22-8-7-21-19/h5-10H,1-4H3/q+1/i4D3. The fraction of sp³-hybridized carbons (Fsp3) is 0.200. The van der Waals surface area contributed by atoms with Crippen LogP contribution in [0.1, 0.15) is 21.2 Å². The lowest BCUT2D eigenvalue weighted by atomic mass is 10.1. The molecule has 0 N–H and O–H groups in total. The molecule has 6 heteroatoms. The molecular weight excluding hydrogens is 326 g/mol. The van der Waals surface area contributed by atoms with Crippen LogP contribution < -0.4 is 4.57 Å². The van der Waals surface area contributed by atoms with Gasteiger partial charge in [0.2, 0.25) is 5.82 Å². The minimum atomic E-state index is -2.39. The Kier molecular flexibility index (Phi) is 2.38. The maximum atomic E-state index is 7.98. The second kappa shape index (κ2) is 5.11. The number of fused-ring (bicyclic) bond motifs is 4. The van der Waals surface area contributed by atoms with Crippen LogP contribution >= 0.6 is 0 Å². The average Bonchev–Trinajstić information content (AvgIpc) is 3.15. The minimum Gasteiger partial charge on any atom is -0.452 e. The zero-order valence-electron chi connectivity index (χ0n) is 17.6. The largest absolute Gasteiger partial charge is 0.452 e. The number of hydrogen-bond acceptors (Lipinski definition) is 4. The quantitative estimate of drug-likeness (QED) is 0.436. The summed E-state index contributed by atoms with van der Waals surface area (Å²) in [6, 6.07) is 5.90. The Hall–Kier alpha value is -3.28. The first-order chi connectivity index (χ1) is 13.8. The van der Waals surface area contributed by atoms with E-state index in [2.05, 4.69) is 15.0 Å². The molecule has 5 aromatic rings. The summed E-state index contributed by atoms with van der Waals surface area (Å²) in [5.41, 5.74) is 4.72. The third kappa shape index (κ3) is 1.87. The van der Waals surface area contributed by atoms with E-state index in [1.807, 2.05) is 36.6 Å². The van der Waals surface area contributed by atoms with Crippen molar-refractivity contribution in [2.24, 2.45) is 6.98 Å². The first-order valence-corrected chi connectivity index (χ1v) is 8.31. The van der Waals surface area contributed by atoms with Crippen LogP contribution in [0.25, 0.3) is 38.9 Å². The lowest BCUT2D eigenvalue weighted by Gasteiger charge is -2.06. The van der Waals surface area contributed by atoms with Gasteiger partial charge in [-0.25, -0.2) is 14.1 Å². The fourth-order valence-corrected chi connectivity index (χ4v) is 3.51. The van der Waals surface area contributed by atoms with Gasteiger partial charge in [-0.15, -0.1) is 4.98 Å². The van der Waals surface area contributed by atoms with Crippen molar-refractivity contribution in [3.63, 3.8) is 0 Å². The molecule has 0 amide bonds. The molecule has 0 bridgehead atoms. The number of aromatic nitrogens is 5. The summed E-state index contributed by atoms with van der Waals surface area (Å²) in [5.74, 6) is 0.497. The van der Waals surface area contributed by atoms with E-state index < -0.39 is 6.98 Å². The predicted octanol–water partition coefficient (Wildman–Crippen LogP) is 3.46. The maximum Gasteiger partial charge on any atom is 0.322 e. The van der Waals surface area contributed by atoms with Gasteiger partial charge in [-0.2, -0.15) is 0 Å². The van der Waals surface area contributed by atoms with Crippen molar-refractivity contribution < 1.29 is 13.1 Å². The highest BCUT2D eigenvalue weighted by Crippen LogP contribution is 2.35. The zero-order chi connectivity index (χ0) is 20.5. The van der Waals surface area contributed by atoms with Crippen LogP contribution in [0.15, 0.2) is 41.2 Å². The number of hydrogen-bond donors (Lipinski definition) is 0. The molecule has 0 fully saturated rings. The molecule has 128 valence electrons. The smallest absolute Gasteiger partial charge is 0.322 e. The van der Waals surface area contributed by atoms with Crippen molar-refractivity contribution in [1.82, 2.24) is 19.5 Å². The molecule has 0 saturated carbocycles. The summed E-state index contributed by atoms with van der Waals surface area (Å²) < 4.78 is 33.2. The summed E-state index contributed by atoms with van der Waals surface area (Å²) in [6.45, 7) is 3.24. The number of nitrogens with zero attached hydrogens (tertiary/aromatic N) is 5. The highest BCUT2D eigenvalue weighted by atomic mass is 16.3. The molecule has 1 aromatic carbocycles. The van der Waals surface area contributed by atoms with Crippen LogP contribution in [0.5, 0.6) is 0 Å². The zero-order valence-corrected chi connectivity index (χ0v) is 14.6. The van der Waals surface area contributed by atoms with E-state index in [9.17, 15) is 0 Å². The van der Waals surface area contributed by atoms with Crippen LogP contribution in [0.4, 0.5) is 0 Å².